The van der Waals surface area contributed by atoms with Crippen LogP contribution in [0.15, 0.2) is 30.3 Å². The highest BCUT2D eigenvalue weighted by molar-refractivity contribution is 5.15. The topological polar surface area (TPSA) is 15.3 Å². The van der Waals surface area contributed by atoms with Crippen molar-refractivity contribution in [3.8, 4) is 0 Å². The molecule has 1 N–H and O–H groups in total. The predicted molar refractivity (Wildman–Crippen MR) is 61.5 cm³/mol. The predicted octanol–water partition coefficient (Wildman–Crippen LogP) is 1.38. The Morgan fingerprint density at radius 3 is 2.36 bits per heavy atom. The van der Waals surface area contributed by atoms with Crippen molar-refractivity contribution in [2.75, 3.05) is 27.7 Å². The maximum absolute atomic E-state index is 3.23. The summed E-state index contributed by atoms with van der Waals surface area (Å²) < 4.78 is 0. The van der Waals surface area contributed by atoms with Gasteiger partial charge in [0.1, 0.15) is 0 Å². The first kappa shape index (κ1) is 11.2. The van der Waals surface area contributed by atoms with E-state index in [1.54, 1.807) is 0 Å². The van der Waals surface area contributed by atoms with Gasteiger partial charge in [-0.3, -0.25) is 0 Å². The van der Waals surface area contributed by atoms with Gasteiger partial charge in [0.15, 0.2) is 0 Å². The van der Waals surface area contributed by atoms with Crippen molar-refractivity contribution in [2.45, 2.75) is 12.5 Å². The molecule has 2 heteroatoms. The second kappa shape index (κ2) is 5.78. The Bertz CT molecular complexity index is 244. The molecular formula is C12H20N2. The molecule has 0 unspecified atom stereocenters. The number of likely N-dealkylation sites (N-methyl/N-ethyl adjacent to an activating group) is 2. The molecule has 0 aromatic heterocycles. The first-order valence-corrected chi connectivity index (χ1v) is 5.09. The highest BCUT2D eigenvalue weighted by Crippen LogP contribution is 2.05. The summed E-state index contributed by atoms with van der Waals surface area (Å²) in [5.74, 6) is 0. The maximum Gasteiger partial charge on any atom is 0.0254 e. The van der Waals surface area contributed by atoms with Gasteiger partial charge in [0.2, 0.25) is 0 Å². The number of rotatable bonds is 5. The number of nitrogens with one attached hydrogen (secondary N) is 1. The maximum atomic E-state index is 3.23. The summed E-state index contributed by atoms with van der Waals surface area (Å²) in [4.78, 5) is 2.27. The van der Waals surface area contributed by atoms with E-state index in [2.05, 4.69) is 54.6 Å². The van der Waals surface area contributed by atoms with Crippen LogP contribution >= 0.6 is 0 Å². The van der Waals surface area contributed by atoms with Gasteiger partial charge in [-0.1, -0.05) is 30.3 Å². The minimum absolute atomic E-state index is 0.572. The van der Waals surface area contributed by atoms with Crippen LogP contribution in [0.1, 0.15) is 5.56 Å². The first-order chi connectivity index (χ1) is 6.74. The van der Waals surface area contributed by atoms with Gasteiger partial charge < -0.3 is 10.2 Å². The van der Waals surface area contributed by atoms with E-state index in [4.69, 9.17) is 0 Å². The molecule has 0 spiro atoms. The molecule has 0 aliphatic rings. The quantitative estimate of drug-likeness (QED) is 0.758. The second-order valence-corrected chi connectivity index (χ2v) is 3.86. The van der Waals surface area contributed by atoms with Gasteiger partial charge >= 0.3 is 0 Å². The molecule has 0 aliphatic heterocycles. The Morgan fingerprint density at radius 1 is 1.21 bits per heavy atom. The minimum atomic E-state index is 0.572. The van der Waals surface area contributed by atoms with Crippen molar-refractivity contribution in [1.82, 2.24) is 10.2 Å². The summed E-state index contributed by atoms with van der Waals surface area (Å²) in [6, 6.07) is 11.2. The number of hydrogen-bond donors (Lipinski definition) is 1. The van der Waals surface area contributed by atoms with Crippen molar-refractivity contribution < 1.29 is 0 Å². The third-order valence-corrected chi connectivity index (χ3v) is 2.48. The van der Waals surface area contributed by atoms with E-state index in [0.29, 0.717) is 6.04 Å². The van der Waals surface area contributed by atoms with E-state index < -0.39 is 0 Å². The highest BCUT2D eigenvalue weighted by atomic mass is 15.1. The zero-order valence-corrected chi connectivity index (χ0v) is 9.33. The van der Waals surface area contributed by atoms with Crippen LogP contribution in [0.4, 0.5) is 0 Å². The first-order valence-electron chi connectivity index (χ1n) is 5.09. The van der Waals surface area contributed by atoms with Crippen molar-refractivity contribution in [3.05, 3.63) is 35.9 Å². The molecule has 0 saturated heterocycles. The SMILES string of the molecule is CNC[C@@H](Cc1ccccc1)N(C)C. The van der Waals surface area contributed by atoms with Gasteiger partial charge in [0.05, 0.1) is 0 Å². The van der Waals surface area contributed by atoms with Crippen LogP contribution in [0, 0.1) is 0 Å². The van der Waals surface area contributed by atoms with Crippen LogP contribution in [0.3, 0.4) is 0 Å². The molecule has 0 amide bonds. The molecule has 0 saturated carbocycles. The second-order valence-electron chi connectivity index (χ2n) is 3.86. The summed E-state index contributed by atoms with van der Waals surface area (Å²) in [6.07, 6.45) is 1.11. The van der Waals surface area contributed by atoms with Crippen LogP contribution < -0.4 is 5.32 Å². The Balaban J connectivity index is 2.55. The summed E-state index contributed by atoms with van der Waals surface area (Å²) in [6.45, 7) is 1.03. The molecule has 0 fully saturated rings. The summed E-state index contributed by atoms with van der Waals surface area (Å²) >= 11 is 0. The summed E-state index contributed by atoms with van der Waals surface area (Å²) in [7, 11) is 6.26. The fraction of sp³-hybridized carbons (Fsp3) is 0.500. The minimum Gasteiger partial charge on any atom is -0.318 e. The standard InChI is InChI=1S/C12H20N2/c1-13-10-12(14(2)3)9-11-7-5-4-6-8-11/h4-8,12-13H,9-10H2,1-3H3/t12-/m1/s1. The fourth-order valence-corrected chi connectivity index (χ4v) is 1.56. The molecule has 0 heterocycles. The smallest absolute Gasteiger partial charge is 0.0254 e. The zero-order valence-electron chi connectivity index (χ0n) is 9.33. The van der Waals surface area contributed by atoms with E-state index in [1.165, 1.54) is 5.56 Å². The molecule has 1 aromatic rings. The van der Waals surface area contributed by atoms with Crippen molar-refractivity contribution >= 4 is 0 Å². The molecule has 2 nitrogen and oxygen atoms in total. The Kier molecular flexibility index (Phi) is 4.63. The van der Waals surface area contributed by atoms with Crippen LogP contribution in [0.25, 0.3) is 0 Å². The lowest BCUT2D eigenvalue weighted by atomic mass is 10.1. The molecule has 1 atom stereocenters. The van der Waals surface area contributed by atoms with Gasteiger partial charge in [0.25, 0.3) is 0 Å². The summed E-state index contributed by atoms with van der Waals surface area (Å²) in [5, 5.41) is 3.23. The third kappa shape index (κ3) is 3.48. The molecule has 1 aromatic carbocycles. The van der Waals surface area contributed by atoms with Crippen LogP contribution in [0.5, 0.6) is 0 Å². The Morgan fingerprint density at radius 2 is 1.86 bits per heavy atom. The number of benzene rings is 1. The average molecular weight is 192 g/mol. The lowest BCUT2D eigenvalue weighted by molar-refractivity contribution is 0.286. The van der Waals surface area contributed by atoms with Crippen molar-refractivity contribution in [1.29, 1.82) is 0 Å². The lowest BCUT2D eigenvalue weighted by Crippen LogP contribution is -2.38. The Hall–Kier alpha value is -0.860. The van der Waals surface area contributed by atoms with E-state index >= 15 is 0 Å². The molecule has 14 heavy (non-hydrogen) atoms. The molecule has 1 rings (SSSR count). The van der Waals surface area contributed by atoms with Crippen LogP contribution in [-0.4, -0.2) is 38.6 Å². The third-order valence-electron chi connectivity index (χ3n) is 2.48. The van der Waals surface area contributed by atoms with Gasteiger partial charge in [-0.05, 0) is 33.1 Å². The van der Waals surface area contributed by atoms with E-state index in [0.717, 1.165) is 13.0 Å². The molecule has 0 bridgehead atoms. The van der Waals surface area contributed by atoms with Crippen LogP contribution in [0.2, 0.25) is 0 Å². The largest absolute Gasteiger partial charge is 0.318 e. The van der Waals surface area contributed by atoms with Crippen molar-refractivity contribution in [3.63, 3.8) is 0 Å². The normalized spacial score (nSPS) is 13.1. The van der Waals surface area contributed by atoms with Crippen molar-refractivity contribution in [2.24, 2.45) is 0 Å². The highest BCUT2D eigenvalue weighted by Gasteiger charge is 2.10. The van der Waals surface area contributed by atoms with E-state index in [1.807, 2.05) is 7.05 Å². The zero-order chi connectivity index (χ0) is 10.4. The van der Waals surface area contributed by atoms with Gasteiger partial charge in [-0.25, -0.2) is 0 Å². The fourth-order valence-electron chi connectivity index (χ4n) is 1.56. The number of hydrogen-bond acceptors (Lipinski definition) is 2. The van der Waals surface area contributed by atoms with Gasteiger partial charge in [-0.15, -0.1) is 0 Å². The molecule has 78 valence electrons. The van der Waals surface area contributed by atoms with Gasteiger partial charge in [0, 0.05) is 12.6 Å². The van der Waals surface area contributed by atoms with E-state index in [-0.39, 0.29) is 0 Å². The van der Waals surface area contributed by atoms with Gasteiger partial charge in [-0.2, -0.15) is 0 Å². The average Bonchev–Trinajstić information content (AvgIpc) is 2.18. The van der Waals surface area contributed by atoms with Crippen LogP contribution in [-0.2, 0) is 6.42 Å². The monoisotopic (exact) mass is 192 g/mol. The van der Waals surface area contributed by atoms with E-state index in [9.17, 15) is 0 Å². The molecule has 0 radical (unpaired) electrons. The lowest BCUT2D eigenvalue weighted by Gasteiger charge is -2.24. The molecular weight excluding hydrogens is 172 g/mol. The Labute approximate surface area is 86.9 Å². The molecule has 0 aliphatic carbocycles. The summed E-state index contributed by atoms with van der Waals surface area (Å²) in [5.41, 5.74) is 1.40. The number of nitrogens with zero attached hydrogens (tertiary/aromatic N) is 1.